The molecule has 0 saturated carbocycles. The number of hydrogen-bond acceptors (Lipinski definition) is 3. The van der Waals surface area contributed by atoms with Gasteiger partial charge in [0.05, 0.1) is 0 Å². The van der Waals surface area contributed by atoms with E-state index < -0.39 is 5.60 Å². The summed E-state index contributed by atoms with van der Waals surface area (Å²) in [4.78, 5) is 13.4. The molecule has 0 aliphatic heterocycles. The molecule has 1 atom stereocenters. The van der Waals surface area contributed by atoms with E-state index in [1.54, 1.807) is 11.9 Å². The van der Waals surface area contributed by atoms with Gasteiger partial charge in [0.15, 0.2) is 0 Å². The molecule has 0 aliphatic rings. The van der Waals surface area contributed by atoms with E-state index in [1.165, 1.54) is 0 Å². The summed E-state index contributed by atoms with van der Waals surface area (Å²) in [5.41, 5.74) is 0.706. The first-order chi connectivity index (χ1) is 10.2. The van der Waals surface area contributed by atoms with Crippen molar-refractivity contribution >= 4 is 17.7 Å². The van der Waals surface area contributed by atoms with Gasteiger partial charge in [0.2, 0.25) is 0 Å². The van der Waals surface area contributed by atoms with Gasteiger partial charge in [-0.05, 0) is 58.4 Å². The van der Waals surface area contributed by atoms with E-state index >= 15 is 0 Å². The Balaban J connectivity index is 2.28. The van der Waals surface area contributed by atoms with Crippen molar-refractivity contribution in [3.05, 3.63) is 34.9 Å². The Morgan fingerprint density at radius 2 is 2.09 bits per heavy atom. The molecule has 0 aliphatic carbocycles. The SMILES string of the molecule is CC(NCCCN(C)C(=O)OC(C)(C)C)c1cccc(Cl)c1. The van der Waals surface area contributed by atoms with E-state index in [4.69, 9.17) is 16.3 Å². The predicted molar refractivity (Wildman–Crippen MR) is 91.4 cm³/mol. The highest BCUT2D eigenvalue weighted by molar-refractivity contribution is 6.30. The van der Waals surface area contributed by atoms with Gasteiger partial charge in [-0.15, -0.1) is 0 Å². The number of hydrogen-bond donors (Lipinski definition) is 1. The second-order valence-corrected chi connectivity index (χ2v) is 6.92. The van der Waals surface area contributed by atoms with Gasteiger partial charge in [0.1, 0.15) is 5.60 Å². The molecule has 0 bridgehead atoms. The van der Waals surface area contributed by atoms with Crippen LogP contribution in [-0.2, 0) is 4.74 Å². The second kappa shape index (κ2) is 8.39. The minimum absolute atomic E-state index is 0.227. The van der Waals surface area contributed by atoms with Crippen LogP contribution < -0.4 is 5.32 Å². The summed E-state index contributed by atoms with van der Waals surface area (Å²) in [6.07, 6.45) is 0.580. The number of ether oxygens (including phenoxy) is 1. The van der Waals surface area contributed by atoms with Crippen LogP contribution in [0.2, 0.25) is 5.02 Å². The van der Waals surface area contributed by atoms with Gasteiger partial charge in [-0.25, -0.2) is 4.79 Å². The van der Waals surface area contributed by atoms with E-state index in [-0.39, 0.29) is 12.1 Å². The van der Waals surface area contributed by atoms with Gasteiger partial charge >= 0.3 is 6.09 Å². The van der Waals surface area contributed by atoms with Crippen molar-refractivity contribution in [2.24, 2.45) is 0 Å². The third kappa shape index (κ3) is 7.14. The van der Waals surface area contributed by atoms with Crippen molar-refractivity contribution in [2.75, 3.05) is 20.1 Å². The summed E-state index contributed by atoms with van der Waals surface area (Å²) >= 11 is 5.99. The fraction of sp³-hybridized carbons (Fsp3) is 0.588. The second-order valence-electron chi connectivity index (χ2n) is 6.49. The zero-order valence-electron chi connectivity index (χ0n) is 14.1. The van der Waals surface area contributed by atoms with Crippen molar-refractivity contribution in [1.82, 2.24) is 10.2 Å². The van der Waals surface area contributed by atoms with Gasteiger partial charge in [0.25, 0.3) is 0 Å². The third-order valence-corrected chi connectivity index (χ3v) is 3.41. The minimum atomic E-state index is -0.454. The maximum absolute atomic E-state index is 11.8. The predicted octanol–water partition coefficient (Wildman–Crippen LogP) is 4.25. The molecule has 1 aromatic rings. The van der Waals surface area contributed by atoms with Crippen LogP contribution in [0.15, 0.2) is 24.3 Å². The van der Waals surface area contributed by atoms with Crippen molar-refractivity contribution in [3.63, 3.8) is 0 Å². The van der Waals surface area contributed by atoms with E-state index in [0.717, 1.165) is 23.6 Å². The molecule has 0 fully saturated rings. The zero-order valence-corrected chi connectivity index (χ0v) is 14.9. The Morgan fingerprint density at radius 1 is 1.41 bits per heavy atom. The molecule has 0 spiro atoms. The van der Waals surface area contributed by atoms with Crippen LogP contribution >= 0.6 is 11.6 Å². The summed E-state index contributed by atoms with van der Waals surface area (Å²) in [7, 11) is 1.76. The summed E-state index contributed by atoms with van der Waals surface area (Å²) in [6, 6.07) is 8.06. The number of carbonyl (C=O) groups is 1. The molecule has 4 nitrogen and oxygen atoms in total. The van der Waals surface area contributed by atoms with Gasteiger partial charge in [0, 0.05) is 24.7 Å². The standard InChI is InChI=1S/C17H27ClN2O2/c1-13(14-8-6-9-15(18)12-14)19-10-7-11-20(5)16(21)22-17(2,3)4/h6,8-9,12-13,19H,7,10-11H2,1-5H3. The molecule has 1 rings (SSSR count). The van der Waals surface area contributed by atoms with Crippen LogP contribution in [-0.4, -0.2) is 36.7 Å². The lowest BCUT2D eigenvalue weighted by atomic mass is 10.1. The fourth-order valence-electron chi connectivity index (χ4n) is 1.96. The molecular weight excluding hydrogens is 300 g/mol. The van der Waals surface area contributed by atoms with Crippen LogP contribution in [0.3, 0.4) is 0 Å². The van der Waals surface area contributed by atoms with E-state index in [1.807, 2.05) is 39.0 Å². The lowest BCUT2D eigenvalue weighted by molar-refractivity contribution is 0.0297. The number of benzene rings is 1. The number of amides is 1. The number of carbonyl (C=O) groups excluding carboxylic acids is 1. The average molecular weight is 327 g/mol. The molecule has 0 radical (unpaired) electrons. The monoisotopic (exact) mass is 326 g/mol. The van der Waals surface area contributed by atoms with Crippen LogP contribution in [0.1, 0.15) is 45.7 Å². The third-order valence-electron chi connectivity index (χ3n) is 3.17. The molecule has 0 aromatic heterocycles. The highest BCUT2D eigenvalue weighted by Crippen LogP contribution is 2.17. The van der Waals surface area contributed by atoms with Crippen molar-refractivity contribution < 1.29 is 9.53 Å². The molecule has 5 heteroatoms. The molecule has 0 heterocycles. The number of halogens is 1. The van der Waals surface area contributed by atoms with Crippen LogP contribution in [0, 0.1) is 0 Å². The van der Waals surface area contributed by atoms with E-state index in [2.05, 4.69) is 18.3 Å². The van der Waals surface area contributed by atoms with Gasteiger partial charge in [-0.1, -0.05) is 23.7 Å². The van der Waals surface area contributed by atoms with Gasteiger partial charge in [-0.3, -0.25) is 0 Å². The first-order valence-corrected chi connectivity index (χ1v) is 8.00. The summed E-state index contributed by atoms with van der Waals surface area (Å²) in [5, 5.41) is 4.18. The highest BCUT2D eigenvalue weighted by atomic mass is 35.5. The average Bonchev–Trinajstić information content (AvgIpc) is 2.41. The molecule has 22 heavy (non-hydrogen) atoms. The van der Waals surface area contributed by atoms with Crippen LogP contribution in [0.5, 0.6) is 0 Å². The Kier molecular flexibility index (Phi) is 7.17. The molecule has 0 saturated heterocycles. The molecule has 1 amide bonds. The lowest BCUT2D eigenvalue weighted by Crippen LogP contribution is -2.35. The van der Waals surface area contributed by atoms with Gasteiger partial charge < -0.3 is 15.0 Å². The number of rotatable bonds is 6. The van der Waals surface area contributed by atoms with Crippen LogP contribution in [0.4, 0.5) is 4.79 Å². The highest BCUT2D eigenvalue weighted by Gasteiger charge is 2.19. The molecule has 1 N–H and O–H groups in total. The van der Waals surface area contributed by atoms with Crippen molar-refractivity contribution in [3.8, 4) is 0 Å². The molecule has 124 valence electrons. The van der Waals surface area contributed by atoms with Crippen LogP contribution in [0.25, 0.3) is 0 Å². The topological polar surface area (TPSA) is 41.6 Å². The molecule has 1 unspecified atom stereocenters. The maximum atomic E-state index is 11.8. The normalized spacial score (nSPS) is 12.8. The summed E-state index contributed by atoms with van der Waals surface area (Å²) in [6.45, 7) is 9.18. The maximum Gasteiger partial charge on any atom is 0.410 e. The first kappa shape index (κ1) is 18.8. The lowest BCUT2D eigenvalue weighted by Gasteiger charge is -2.24. The Morgan fingerprint density at radius 3 is 2.68 bits per heavy atom. The Labute approximate surface area is 138 Å². The Hall–Kier alpha value is -1.26. The fourth-order valence-corrected chi connectivity index (χ4v) is 2.16. The minimum Gasteiger partial charge on any atom is -0.444 e. The Bertz CT molecular complexity index is 486. The first-order valence-electron chi connectivity index (χ1n) is 7.62. The van der Waals surface area contributed by atoms with Gasteiger partial charge in [-0.2, -0.15) is 0 Å². The van der Waals surface area contributed by atoms with Crippen molar-refractivity contribution in [2.45, 2.75) is 45.8 Å². The molecule has 1 aromatic carbocycles. The summed E-state index contributed by atoms with van der Waals surface area (Å²) < 4.78 is 5.31. The zero-order chi connectivity index (χ0) is 16.8. The van der Waals surface area contributed by atoms with E-state index in [0.29, 0.717) is 6.54 Å². The van der Waals surface area contributed by atoms with E-state index in [9.17, 15) is 4.79 Å². The van der Waals surface area contributed by atoms with Crippen molar-refractivity contribution in [1.29, 1.82) is 0 Å². The summed E-state index contributed by atoms with van der Waals surface area (Å²) in [5.74, 6) is 0. The molecular formula is C17H27ClN2O2. The smallest absolute Gasteiger partial charge is 0.410 e. The number of nitrogens with zero attached hydrogens (tertiary/aromatic N) is 1. The quantitative estimate of drug-likeness (QED) is 0.795. The number of nitrogens with one attached hydrogen (secondary N) is 1. The largest absolute Gasteiger partial charge is 0.444 e.